The van der Waals surface area contributed by atoms with E-state index in [1.807, 2.05) is 20.8 Å². The van der Waals surface area contributed by atoms with Gasteiger partial charge in [-0.15, -0.1) is 0 Å². The Hall–Kier alpha value is -2.05. The molecule has 3 rings (SSSR count). The van der Waals surface area contributed by atoms with Crippen LogP contribution in [0.1, 0.15) is 52.1 Å². The molecule has 1 aliphatic heterocycles. The van der Waals surface area contributed by atoms with Crippen molar-refractivity contribution in [1.29, 1.82) is 0 Å². The van der Waals surface area contributed by atoms with Gasteiger partial charge in [0, 0.05) is 36.5 Å². The van der Waals surface area contributed by atoms with E-state index in [2.05, 4.69) is 15.8 Å². The summed E-state index contributed by atoms with van der Waals surface area (Å²) in [7, 11) is 0. The first-order chi connectivity index (χ1) is 11.3. The molecule has 24 heavy (non-hydrogen) atoms. The first-order valence-corrected chi connectivity index (χ1v) is 8.66. The van der Waals surface area contributed by atoms with Gasteiger partial charge in [-0.1, -0.05) is 25.9 Å². The van der Waals surface area contributed by atoms with Crippen LogP contribution in [-0.2, 0) is 10.2 Å². The van der Waals surface area contributed by atoms with Crippen LogP contribution in [0.4, 0.5) is 10.7 Å². The Morgan fingerprint density at radius 3 is 2.42 bits per heavy atom. The first-order valence-electron chi connectivity index (χ1n) is 8.66. The van der Waals surface area contributed by atoms with E-state index in [4.69, 9.17) is 4.52 Å². The summed E-state index contributed by atoms with van der Waals surface area (Å²) >= 11 is 0. The van der Waals surface area contributed by atoms with Gasteiger partial charge in [0.15, 0.2) is 0 Å². The minimum atomic E-state index is -0.118. The summed E-state index contributed by atoms with van der Waals surface area (Å²) in [6, 6.07) is 2.14. The number of carbonyl (C=O) groups is 2. The molecular weight excluding hydrogens is 308 g/mol. The Balaban J connectivity index is 1.48. The van der Waals surface area contributed by atoms with Gasteiger partial charge in [0.25, 0.3) is 0 Å². The summed E-state index contributed by atoms with van der Waals surface area (Å²) in [6.45, 7) is 7.34. The molecule has 0 atom stereocenters. The number of nitrogens with one attached hydrogen (secondary N) is 2. The van der Waals surface area contributed by atoms with Gasteiger partial charge < -0.3 is 14.7 Å². The van der Waals surface area contributed by atoms with Crippen molar-refractivity contribution < 1.29 is 14.1 Å². The molecule has 7 nitrogen and oxygen atoms in total. The lowest BCUT2D eigenvalue weighted by Gasteiger charge is -2.31. The number of anilines is 1. The molecule has 1 aromatic heterocycles. The first kappa shape index (κ1) is 16.8. The van der Waals surface area contributed by atoms with E-state index in [0.29, 0.717) is 37.9 Å². The third kappa shape index (κ3) is 4.07. The van der Waals surface area contributed by atoms with Crippen molar-refractivity contribution in [2.75, 3.05) is 18.4 Å². The van der Waals surface area contributed by atoms with Crippen molar-refractivity contribution in [2.45, 2.75) is 57.9 Å². The second kappa shape index (κ2) is 6.45. The van der Waals surface area contributed by atoms with Gasteiger partial charge >= 0.3 is 6.03 Å². The molecule has 7 heteroatoms. The van der Waals surface area contributed by atoms with Crippen molar-refractivity contribution in [2.24, 2.45) is 5.92 Å². The molecule has 132 valence electrons. The molecule has 2 N–H and O–H groups in total. The highest BCUT2D eigenvalue weighted by atomic mass is 16.5. The predicted octanol–water partition coefficient (Wildman–Crippen LogP) is 2.49. The van der Waals surface area contributed by atoms with E-state index in [1.54, 1.807) is 11.0 Å². The Morgan fingerprint density at radius 2 is 1.88 bits per heavy atom. The number of nitrogens with zero attached hydrogens (tertiary/aromatic N) is 2. The molecule has 0 radical (unpaired) electrons. The lowest BCUT2D eigenvalue weighted by molar-refractivity contribution is -0.121. The van der Waals surface area contributed by atoms with Gasteiger partial charge in [-0.3, -0.25) is 10.1 Å². The third-order valence-electron chi connectivity index (χ3n) is 4.58. The molecule has 1 aliphatic carbocycles. The zero-order chi connectivity index (χ0) is 17.3. The van der Waals surface area contributed by atoms with Crippen LogP contribution >= 0.6 is 0 Å². The fourth-order valence-corrected chi connectivity index (χ4v) is 2.75. The van der Waals surface area contributed by atoms with Gasteiger partial charge in [-0.25, -0.2) is 4.79 Å². The van der Waals surface area contributed by atoms with Crippen molar-refractivity contribution in [3.8, 4) is 0 Å². The molecule has 0 aromatic carbocycles. The van der Waals surface area contributed by atoms with Gasteiger partial charge in [0.1, 0.15) is 0 Å². The van der Waals surface area contributed by atoms with Crippen LogP contribution < -0.4 is 10.6 Å². The fraction of sp³-hybridized carbons (Fsp3) is 0.706. The SMILES string of the molecule is CC(C)(C)c1cc(NC(=O)C2CCN(C(=O)NC3CC3)CC2)on1. The van der Waals surface area contributed by atoms with Crippen molar-refractivity contribution in [3.63, 3.8) is 0 Å². The molecule has 3 amide bonds. The van der Waals surface area contributed by atoms with Gasteiger partial charge in [-0.05, 0) is 25.7 Å². The molecule has 2 aliphatic rings. The second-order valence-electron chi connectivity index (χ2n) is 7.80. The fourth-order valence-electron chi connectivity index (χ4n) is 2.75. The van der Waals surface area contributed by atoms with Gasteiger partial charge in [-0.2, -0.15) is 0 Å². The summed E-state index contributed by atoms with van der Waals surface area (Å²) in [5.41, 5.74) is 0.691. The largest absolute Gasteiger partial charge is 0.338 e. The molecule has 0 bridgehead atoms. The van der Waals surface area contributed by atoms with E-state index in [0.717, 1.165) is 18.5 Å². The van der Waals surface area contributed by atoms with E-state index in [-0.39, 0.29) is 23.3 Å². The molecular formula is C17H26N4O3. The number of carbonyl (C=O) groups excluding carboxylic acids is 2. The van der Waals surface area contributed by atoms with E-state index < -0.39 is 0 Å². The summed E-state index contributed by atoms with van der Waals surface area (Å²) in [6.07, 6.45) is 3.51. The molecule has 2 heterocycles. The monoisotopic (exact) mass is 334 g/mol. The number of hydrogen-bond acceptors (Lipinski definition) is 4. The van der Waals surface area contributed by atoms with Crippen LogP contribution in [0.15, 0.2) is 10.6 Å². The van der Waals surface area contributed by atoms with Crippen LogP contribution in [-0.4, -0.2) is 41.1 Å². The van der Waals surface area contributed by atoms with E-state index in [9.17, 15) is 9.59 Å². The Morgan fingerprint density at radius 1 is 1.21 bits per heavy atom. The number of amides is 3. The molecule has 1 aromatic rings. The average molecular weight is 334 g/mol. The van der Waals surface area contributed by atoms with Crippen LogP contribution in [0, 0.1) is 5.92 Å². The molecule has 2 fully saturated rings. The predicted molar refractivity (Wildman–Crippen MR) is 89.7 cm³/mol. The van der Waals surface area contributed by atoms with Crippen LogP contribution in [0.5, 0.6) is 0 Å². The zero-order valence-corrected chi connectivity index (χ0v) is 14.6. The molecule has 1 saturated carbocycles. The summed E-state index contributed by atoms with van der Waals surface area (Å²) in [5, 5.41) is 9.79. The second-order valence-corrected chi connectivity index (χ2v) is 7.80. The number of aromatic nitrogens is 1. The molecule has 0 unspecified atom stereocenters. The average Bonchev–Trinajstić information content (AvgIpc) is 3.21. The van der Waals surface area contributed by atoms with Crippen LogP contribution in [0.3, 0.4) is 0 Å². The van der Waals surface area contributed by atoms with E-state index in [1.165, 1.54) is 0 Å². The topological polar surface area (TPSA) is 87.5 Å². The highest BCUT2D eigenvalue weighted by molar-refractivity contribution is 5.91. The smallest absolute Gasteiger partial charge is 0.317 e. The number of hydrogen-bond donors (Lipinski definition) is 2. The number of rotatable bonds is 3. The lowest BCUT2D eigenvalue weighted by atomic mass is 9.92. The highest BCUT2D eigenvalue weighted by Gasteiger charge is 2.31. The zero-order valence-electron chi connectivity index (χ0n) is 14.6. The number of piperidine rings is 1. The Labute approximate surface area is 142 Å². The van der Waals surface area contributed by atoms with Gasteiger partial charge in [0.05, 0.1) is 5.69 Å². The van der Waals surface area contributed by atoms with Gasteiger partial charge in [0.2, 0.25) is 11.8 Å². The Kier molecular flexibility index (Phi) is 4.51. The maximum absolute atomic E-state index is 12.4. The standard InChI is InChI=1S/C17H26N4O3/c1-17(2,3)13-10-14(24-20-13)19-15(22)11-6-8-21(9-7-11)16(23)18-12-4-5-12/h10-12H,4-9H2,1-3H3,(H,18,23)(H,19,22). The minimum absolute atomic E-state index is 0.00131. The quantitative estimate of drug-likeness (QED) is 0.889. The van der Waals surface area contributed by atoms with Crippen LogP contribution in [0.2, 0.25) is 0 Å². The third-order valence-corrected chi connectivity index (χ3v) is 4.58. The highest BCUT2D eigenvalue weighted by Crippen LogP contribution is 2.25. The summed E-state index contributed by atoms with van der Waals surface area (Å²) in [5.74, 6) is 0.228. The Bertz CT molecular complexity index is 608. The number of urea groups is 1. The van der Waals surface area contributed by atoms with Crippen LogP contribution in [0.25, 0.3) is 0 Å². The molecule has 0 spiro atoms. The molecule has 1 saturated heterocycles. The summed E-state index contributed by atoms with van der Waals surface area (Å²) < 4.78 is 5.21. The summed E-state index contributed by atoms with van der Waals surface area (Å²) in [4.78, 5) is 26.2. The van der Waals surface area contributed by atoms with Crippen molar-refractivity contribution in [1.82, 2.24) is 15.4 Å². The van der Waals surface area contributed by atoms with E-state index >= 15 is 0 Å². The number of likely N-dealkylation sites (tertiary alicyclic amines) is 1. The van der Waals surface area contributed by atoms with Crippen molar-refractivity contribution in [3.05, 3.63) is 11.8 Å². The lowest BCUT2D eigenvalue weighted by Crippen LogP contribution is -2.46. The van der Waals surface area contributed by atoms with Crippen molar-refractivity contribution >= 4 is 17.8 Å². The maximum Gasteiger partial charge on any atom is 0.317 e. The maximum atomic E-state index is 12.4. The normalized spacial score (nSPS) is 19.2. The minimum Gasteiger partial charge on any atom is -0.338 e.